The van der Waals surface area contributed by atoms with Gasteiger partial charge >= 0.3 is 0 Å². The third-order valence-electron chi connectivity index (χ3n) is 2.23. The third-order valence-corrected chi connectivity index (χ3v) is 2.23. The molecule has 0 saturated heterocycles. The smallest absolute Gasteiger partial charge is 0.242 e. The Morgan fingerprint density at radius 3 is 2.82 bits per heavy atom. The second-order valence-electron chi connectivity index (χ2n) is 3.36. The number of nitrogens with two attached hydrogens (primary N) is 1. The average molecular weight is 235 g/mol. The summed E-state index contributed by atoms with van der Waals surface area (Å²) in [5, 5.41) is 7.82. The Morgan fingerprint density at radius 2 is 2.29 bits per heavy atom. The number of nitrogens with zero attached hydrogens (tertiary/aromatic N) is 2. The van der Waals surface area contributed by atoms with E-state index in [0.717, 1.165) is 5.57 Å². The van der Waals surface area contributed by atoms with Crippen LogP contribution in [0.1, 0.15) is 17.7 Å². The van der Waals surface area contributed by atoms with E-state index in [1.54, 1.807) is 19.3 Å². The Bertz CT molecular complexity index is 410. The molecular formula is C12H17N3O2. The van der Waals surface area contributed by atoms with Crippen molar-refractivity contribution in [1.29, 1.82) is 0 Å². The maximum Gasteiger partial charge on any atom is 0.242 e. The summed E-state index contributed by atoms with van der Waals surface area (Å²) in [5.74, 6) is 0.735. The third kappa shape index (κ3) is 3.37. The van der Waals surface area contributed by atoms with Crippen LogP contribution in [0, 0.1) is 0 Å². The lowest BCUT2D eigenvalue weighted by Gasteiger charge is -2.10. The first kappa shape index (κ1) is 13.3. The molecule has 1 aromatic heterocycles. The molecule has 5 nitrogen and oxygen atoms in total. The predicted octanol–water partition coefficient (Wildman–Crippen LogP) is 1.56. The second-order valence-corrected chi connectivity index (χ2v) is 3.36. The first-order valence-corrected chi connectivity index (χ1v) is 5.23. The molecule has 0 saturated carbocycles. The van der Waals surface area contributed by atoms with E-state index in [1.165, 1.54) is 0 Å². The Kier molecular flexibility index (Phi) is 5.32. The van der Waals surface area contributed by atoms with Gasteiger partial charge in [0, 0.05) is 13.7 Å². The fraction of sp³-hybridized carbons (Fsp3) is 0.333. The van der Waals surface area contributed by atoms with Crippen LogP contribution in [0.25, 0.3) is 0 Å². The lowest BCUT2D eigenvalue weighted by molar-refractivity contribution is 0.157. The van der Waals surface area contributed by atoms with Crippen LogP contribution in [0.5, 0.6) is 0 Å². The molecule has 0 spiro atoms. The minimum Gasteiger partial charge on any atom is -0.422 e. The van der Waals surface area contributed by atoms with Crippen molar-refractivity contribution in [3.05, 3.63) is 48.7 Å². The number of rotatable bonds is 7. The van der Waals surface area contributed by atoms with Crippen LogP contribution in [0.2, 0.25) is 0 Å². The molecule has 0 fully saturated rings. The monoisotopic (exact) mass is 235 g/mol. The molecule has 0 aromatic carbocycles. The van der Waals surface area contributed by atoms with Crippen LogP contribution in [-0.2, 0) is 11.3 Å². The van der Waals surface area contributed by atoms with Crippen molar-refractivity contribution in [3.8, 4) is 0 Å². The number of ether oxygens (including phenoxy) is 1. The summed E-state index contributed by atoms with van der Waals surface area (Å²) in [6.07, 6.45) is 5.20. The lowest BCUT2D eigenvalue weighted by Crippen LogP contribution is -2.14. The zero-order valence-corrected chi connectivity index (χ0v) is 9.93. The van der Waals surface area contributed by atoms with Gasteiger partial charge in [0.2, 0.25) is 11.8 Å². The van der Waals surface area contributed by atoms with E-state index >= 15 is 0 Å². The molecule has 0 amide bonds. The molecular weight excluding hydrogens is 218 g/mol. The van der Waals surface area contributed by atoms with Crippen molar-refractivity contribution >= 4 is 0 Å². The normalized spacial score (nSPS) is 13.4. The van der Waals surface area contributed by atoms with E-state index in [4.69, 9.17) is 14.9 Å². The van der Waals surface area contributed by atoms with Crippen molar-refractivity contribution in [2.75, 3.05) is 13.7 Å². The highest BCUT2D eigenvalue weighted by Gasteiger charge is 2.19. The Morgan fingerprint density at radius 1 is 1.53 bits per heavy atom. The van der Waals surface area contributed by atoms with Crippen LogP contribution in [0.4, 0.5) is 0 Å². The van der Waals surface area contributed by atoms with Gasteiger partial charge in [-0.25, -0.2) is 0 Å². The van der Waals surface area contributed by atoms with Gasteiger partial charge in [-0.2, -0.15) is 0 Å². The Labute approximate surface area is 101 Å². The molecule has 0 aliphatic heterocycles. The van der Waals surface area contributed by atoms with Crippen molar-refractivity contribution < 1.29 is 9.15 Å². The highest BCUT2D eigenvalue weighted by atomic mass is 16.5. The van der Waals surface area contributed by atoms with E-state index in [-0.39, 0.29) is 5.92 Å². The van der Waals surface area contributed by atoms with Gasteiger partial charge in [-0.05, 0) is 5.57 Å². The maximum absolute atomic E-state index is 5.71. The lowest BCUT2D eigenvalue weighted by atomic mass is 9.99. The maximum atomic E-state index is 5.71. The molecule has 2 N–H and O–H groups in total. The number of hydrogen-bond donors (Lipinski definition) is 1. The van der Waals surface area contributed by atoms with Gasteiger partial charge in [-0.3, -0.25) is 0 Å². The number of allylic oxidation sites excluding steroid dienone is 3. The van der Waals surface area contributed by atoms with E-state index in [2.05, 4.69) is 23.4 Å². The number of aromatic nitrogens is 2. The fourth-order valence-corrected chi connectivity index (χ4v) is 1.43. The quantitative estimate of drug-likeness (QED) is 0.726. The van der Waals surface area contributed by atoms with Gasteiger partial charge in [-0.1, -0.05) is 31.4 Å². The largest absolute Gasteiger partial charge is 0.422 e. The molecule has 5 heteroatoms. The first-order chi connectivity index (χ1) is 8.26. The van der Waals surface area contributed by atoms with Gasteiger partial charge in [-0.15, -0.1) is 10.2 Å². The van der Waals surface area contributed by atoms with Crippen LogP contribution in [-0.4, -0.2) is 23.9 Å². The Hall–Kier alpha value is -1.72. The van der Waals surface area contributed by atoms with Crippen molar-refractivity contribution in [2.24, 2.45) is 5.73 Å². The zero-order valence-electron chi connectivity index (χ0n) is 9.93. The topological polar surface area (TPSA) is 74.2 Å². The highest BCUT2D eigenvalue weighted by molar-refractivity contribution is 5.30. The van der Waals surface area contributed by atoms with Gasteiger partial charge in [0.25, 0.3) is 0 Å². The molecule has 17 heavy (non-hydrogen) atoms. The van der Waals surface area contributed by atoms with Crippen LogP contribution in [0.3, 0.4) is 0 Å². The van der Waals surface area contributed by atoms with Gasteiger partial charge in [0.1, 0.15) is 6.61 Å². The van der Waals surface area contributed by atoms with Crippen LogP contribution in [0.15, 0.2) is 41.4 Å². The molecule has 0 radical (unpaired) electrons. The zero-order chi connectivity index (χ0) is 12.7. The molecule has 1 unspecified atom stereocenters. The standard InChI is InChI=1S/C12H17N3O2/c1-4-6-9(5-2)10(7-13)12-15-14-11(17-12)8-16-3/h4-6,10H,1-2,7-8,13H2,3H3/b9-6+. The summed E-state index contributed by atoms with van der Waals surface area (Å²) >= 11 is 0. The van der Waals surface area contributed by atoms with Gasteiger partial charge in [0.05, 0.1) is 5.92 Å². The number of methoxy groups -OCH3 is 1. The molecule has 1 atom stereocenters. The highest BCUT2D eigenvalue weighted by Crippen LogP contribution is 2.23. The molecule has 1 rings (SSSR count). The summed E-state index contributed by atoms with van der Waals surface area (Å²) in [6, 6.07) is 0. The molecule has 0 aliphatic rings. The van der Waals surface area contributed by atoms with Crippen molar-refractivity contribution in [2.45, 2.75) is 12.5 Å². The molecule has 1 aromatic rings. The van der Waals surface area contributed by atoms with Crippen LogP contribution < -0.4 is 5.73 Å². The van der Waals surface area contributed by atoms with Gasteiger partial charge < -0.3 is 14.9 Å². The van der Waals surface area contributed by atoms with E-state index < -0.39 is 0 Å². The van der Waals surface area contributed by atoms with E-state index in [0.29, 0.717) is 24.9 Å². The Balaban J connectivity index is 2.95. The summed E-state index contributed by atoms with van der Waals surface area (Å²) in [5.41, 5.74) is 6.61. The molecule has 92 valence electrons. The first-order valence-electron chi connectivity index (χ1n) is 5.23. The molecule has 0 bridgehead atoms. The van der Waals surface area contributed by atoms with E-state index in [1.807, 2.05) is 6.08 Å². The fourth-order valence-electron chi connectivity index (χ4n) is 1.43. The average Bonchev–Trinajstić information content (AvgIpc) is 2.78. The van der Waals surface area contributed by atoms with Crippen LogP contribution >= 0.6 is 0 Å². The predicted molar refractivity (Wildman–Crippen MR) is 65.3 cm³/mol. The summed E-state index contributed by atoms with van der Waals surface area (Å²) < 4.78 is 10.4. The number of hydrogen-bond acceptors (Lipinski definition) is 5. The summed E-state index contributed by atoms with van der Waals surface area (Å²) in [6.45, 7) is 8.02. The minimum atomic E-state index is -0.163. The molecule has 0 aliphatic carbocycles. The summed E-state index contributed by atoms with van der Waals surface area (Å²) in [7, 11) is 1.57. The van der Waals surface area contributed by atoms with Crippen molar-refractivity contribution in [3.63, 3.8) is 0 Å². The summed E-state index contributed by atoms with van der Waals surface area (Å²) in [4.78, 5) is 0. The minimum absolute atomic E-state index is 0.163. The molecule has 1 heterocycles. The SMILES string of the molecule is C=C/C=C(\C=C)C(CN)c1nnc(COC)o1. The second kappa shape index (κ2) is 6.78. The van der Waals surface area contributed by atoms with Crippen molar-refractivity contribution in [1.82, 2.24) is 10.2 Å². The van der Waals surface area contributed by atoms with Gasteiger partial charge in [0.15, 0.2) is 0 Å². The van der Waals surface area contributed by atoms with E-state index in [9.17, 15) is 0 Å².